The molecule has 0 saturated carbocycles. The Hall–Kier alpha value is -2.94. The number of nitriles is 1. The van der Waals surface area contributed by atoms with E-state index in [0.29, 0.717) is 5.56 Å². The Morgan fingerprint density at radius 1 is 1.52 bits per heavy atom. The lowest BCUT2D eigenvalue weighted by Gasteiger charge is -2.08. The Morgan fingerprint density at radius 3 is 3.00 bits per heavy atom. The van der Waals surface area contributed by atoms with Crippen LogP contribution in [-0.4, -0.2) is 11.0 Å². The lowest BCUT2D eigenvalue weighted by molar-refractivity contribution is 0.0466. The van der Waals surface area contributed by atoms with Gasteiger partial charge in [0.2, 0.25) is 0 Å². The van der Waals surface area contributed by atoms with Crippen molar-refractivity contribution >= 4 is 11.7 Å². The molecule has 0 bridgehead atoms. The molecule has 0 unspecified atom stereocenters. The van der Waals surface area contributed by atoms with E-state index in [4.69, 9.17) is 15.7 Å². The Balaban J connectivity index is 2.18. The SMILES string of the molecule is Cc1cc(N)cc(C(=O)OCc2cccnc2C#N)c1F. The van der Waals surface area contributed by atoms with E-state index in [1.807, 2.05) is 6.07 Å². The number of nitrogen functional groups attached to an aromatic ring is 1. The summed E-state index contributed by atoms with van der Waals surface area (Å²) in [7, 11) is 0. The molecule has 0 aliphatic heterocycles. The zero-order valence-corrected chi connectivity index (χ0v) is 11.3. The van der Waals surface area contributed by atoms with Crippen molar-refractivity contribution in [2.24, 2.45) is 0 Å². The number of aryl methyl sites for hydroxylation is 1. The maximum absolute atomic E-state index is 13.9. The van der Waals surface area contributed by atoms with Gasteiger partial charge >= 0.3 is 5.97 Å². The summed E-state index contributed by atoms with van der Waals surface area (Å²) in [6.07, 6.45) is 1.46. The van der Waals surface area contributed by atoms with Crippen LogP contribution in [-0.2, 0) is 11.3 Å². The number of benzene rings is 1. The van der Waals surface area contributed by atoms with Gasteiger partial charge in [-0.25, -0.2) is 14.2 Å². The first kappa shape index (κ1) is 14.5. The van der Waals surface area contributed by atoms with Crippen molar-refractivity contribution < 1.29 is 13.9 Å². The van der Waals surface area contributed by atoms with Gasteiger partial charge in [0.25, 0.3) is 0 Å². The van der Waals surface area contributed by atoms with Crippen molar-refractivity contribution in [2.75, 3.05) is 5.73 Å². The molecule has 0 atom stereocenters. The normalized spacial score (nSPS) is 9.95. The number of nitrogens with zero attached hydrogens (tertiary/aromatic N) is 2. The van der Waals surface area contributed by atoms with Crippen LogP contribution in [0.15, 0.2) is 30.5 Å². The quantitative estimate of drug-likeness (QED) is 0.690. The average Bonchev–Trinajstić information content (AvgIpc) is 2.48. The summed E-state index contributed by atoms with van der Waals surface area (Å²) in [5.41, 5.74) is 6.52. The monoisotopic (exact) mass is 285 g/mol. The van der Waals surface area contributed by atoms with Gasteiger partial charge < -0.3 is 10.5 Å². The van der Waals surface area contributed by atoms with Gasteiger partial charge in [-0.05, 0) is 30.7 Å². The molecule has 0 spiro atoms. The molecule has 5 nitrogen and oxygen atoms in total. The number of nitrogens with two attached hydrogens (primary N) is 1. The van der Waals surface area contributed by atoms with Gasteiger partial charge in [0, 0.05) is 17.4 Å². The van der Waals surface area contributed by atoms with E-state index in [9.17, 15) is 9.18 Å². The minimum atomic E-state index is -0.837. The minimum Gasteiger partial charge on any atom is -0.457 e. The highest BCUT2D eigenvalue weighted by Gasteiger charge is 2.17. The highest BCUT2D eigenvalue weighted by molar-refractivity contribution is 5.91. The number of rotatable bonds is 3. The highest BCUT2D eigenvalue weighted by Crippen LogP contribution is 2.18. The third-order valence-corrected chi connectivity index (χ3v) is 2.85. The van der Waals surface area contributed by atoms with Crippen LogP contribution in [0.25, 0.3) is 0 Å². The van der Waals surface area contributed by atoms with E-state index >= 15 is 0 Å². The number of ether oxygens (including phenoxy) is 1. The first-order valence-electron chi connectivity index (χ1n) is 6.09. The van der Waals surface area contributed by atoms with E-state index in [1.54, 1.807) is 12.1 Å². The third-order valence-electron chi connectivity index (χ3n) is 2.85. The maximum atomic E-state index is 13.9. The molecule has 1 aromatic heterocycles. The molecule has 0 amide bonds. The predicted molar refractivity (Wildman–Crippen MR) is 73.6 cm³/mol. The Morgan fingerprint density at radius 2 is 2.29 bits per heavy atom. The molecule has 2 N–H and O–H groups in total. The second kappa shape index (κ2) is 6.01. The zero-order valence-electron chi connectivity index (χ0n) is 11.3. The van der Waals surface area contributed by atoms with Crippen molar-refractivity contribution in [1.29, 1.82) is 5.26 Å². The first-order valence-corrected chi connectivity index (χ1v) is 6.09. The van der Waals surface area contributed by atoms with Gasteiger partial charge in [0.05, 0.1) is 5.56 Å². The molecule has 0 fully saturated rings. The number of anilines is 1. The maximum Gasteiger partial charge on any atom is 0.341 e. The van der Waals surface area contributed by atoms with Crippen LogP contribution in [0.2, 0.25) is 0 Å². The number of hydrogen-bond donors (Lipinski definition) is 1. The van der Waals surface area contributed by atoms with Crippen LogP contribution in [0.3, 0.4) is 0 Å². The summed E-state index contributed by atoms with van der Waals surface area (Å²) in [5.74, 6) is -1.50. The zero-order chi connectivity index (χ0) is 15.4. The van der Waals surface area contributed by atoms with Crippen molar-refractivity contribution in [3.63, 3.8) is 0 Å². The lowest BCUT2D eigenvalue weighted by atomic mass is 10.1. The largest absolute Gasteiger partial charge is 0.457 e. The van der Waals surface area contributed by atoms with E-state index in [0.717, 1.165) is 0 Å². The van der Waals surface area contributed by atoms with E-state index in [-0.39, 0.29) is 29.1 Å². The Bertz CT molecular complexity index is 738. The van der Waals surface area contributed by atoms with Gasteiger partial charge in [-0.1, -0.05) is 6.07 Å². The fourth-order valence-corrected chi connectivity index (χ4v) is 1.82. The van der Waals surface area contributed by atoms with Crippen molar-refractivity contribution in [2.45, 2.75) is 13.5 Å². The van der Waals surface area contributed by atoms with E-state index in [1.165, 1.54) is 25.3 Å². The lowest BCUT2D eigenvalue weighted by Crippen LogP contribution is -2.10. The van der Waals surface area contributed by atoms with Crippen LogP contribution in [0, 0.1) is 24.1 Å². The van der Waals surface area contributed by atoms with Crippen LogP contribution >= 0.6 is 0 Å². The topological polar surface area (TPSA) is 89.0 Å². The molecular formula is C15H12FN3O2. The van der Waals surface area contributed by atoms with Crippen LogP contribution < -0.4 is 5.73 Å². The summed E-state index contributed by atoms with van der Waals surface area (Å²) in [4.78, 5) is 15.8. The number of carbonyl (C=O) groups excluding carboxylic acids is 1. The van der Waals surface area contributed by atoms with E-state index in [2.05, 4.69) is 4.98 Å². The molecule has 0 aliphatic carbocycles. The Kier molecular flexibility index (Phi) is 4.14. The predicted octanol–water partition coefficient (Wildman–Crippen LogP) is 2.34. The number of aromatic nitrogens is 1. The number of carbonyl (C=O) groups is 1. The molecule has 21 heavy (non-hydrogen) atoms. The molecule has 0 radical (unpaired) electrons. The van der Waals surface area contributed by atoms with Crippen molar-refractivity contribution in [3.05, 3.63) is 58.7 Å². The summed E-state index contributed by atoms with van der Waals surface area (Å²) in [6, 6.07) is 7.78. The van der Waals surface area contributed by atoms with E-state index < -0.39 is 11.8 Å². The number of hydrogen-bond acceptors (Lipinski definition) is 5. The van der Waals surface area contributed by atoms with Crippen LogP contribution in [0.1, 0.15) is 27.2 Å². The molecule has 1 heterocycles. The number of halogens is 1. The third kappa shape index (κ3) is 3.15. The van der Waals surface area contributed by atoms with Gasteiger partial charge in [-0.2, -0.15) is 5.26 Å². The molecular weight excluding hydrogens is 273 g/mol. The minimum absolute atomic E-state index is 0.162. The average molecular weight is 285 g/mol. The Labute approximate surface area is 120 Å². The van der Waals surface area contributed by atoms with Crippen molar-refractivity contribution in [1.82, 2.24) is 4.98 Å². The number of esters is 1. The molecule has 1 aromatic carbocycles. The van der Waals surface area contributed by atoms with Gasteiger partial charge in [0.15, 0.2) is 0 Å². The van der Waals surface area contributed by atoms with Gasteiger partial charge in [0.1, 0.15) is 24.2 Å². The first-order chi connectivity index (χ1) is 10.0. The fourth-order valence-electron chi connectivity index (χ4n) is 1.82. The standard InChI is InChI=1S/C15H12FN3O2/c1-9-5-11(18)6-12(14(9)16)15(20)21-8-10-3-2-4-19-13(10)7-17/h2-6H,8,18H2,1H3. The fraction of sp³-hybridized carbons (Fsp3) is 0.133. The second-order valence-electron chi connectivity index (χ2n) is 4.40. The smallest absolute Gasteiger partial charge is 0.341 e. The van der Waals surface area contributed by atoms with Gasteiger partial charge in [-0.15, -0.1) is 0 Å². The summed E-state index contributed by atoms with van der Waals surface area (Å²) >= 11 is 0. The summed E-state index contributed by atoms with van der Waals surface area (Å²) in [6.45, 7) is 1.35. The molecule has 0 saturated heterocycles. The van der Waals surface area contributed by atoms with Gasteiger partial charge in [-0.3, -0.25) is 0 Å². The highest BCUT2D eigenvalue weighted by atomic mass is 19.1. The molecule has 0 aliphatic rings. The van der Waals surface area contributed by atoms with Crippen molar-refractivity contribution in [3.8, 4) is 6.07 Å². The summed E-state index contributed by atoms with van der Waals surface area (Å²) in [5, 5.41) is 8.89. The molecule has 106 valence electrons. The summed E-state index contributed by atoms with van der Waals surface area (Å²) < 4.78 is 18.9. The molecule has 2 rings (SSSR count). The van der Waals surface area contributed by atoms with Crippen LogP contribution in [0.5, 0.6) is 0 Å². The second-order valence-corrected chi connectivity index (χ2v) is 4.40. The number of pyridine rings is 1. The van der Waals surface area contributed by atoms with Crippen LogP contribution in [0.4, 0.5) is 10.1 Å². The molecule has 6 heteroatoms. The molecule has 2 aromatic rings.